The molecule has 0 N–H and O–H groups in total. The SMILES string of the molecule is CCCN(CCC)S(=O)(=O)c1ccccc1[Si](C)(C)C. The molecular formula is C15H27NO2SSi. The molecule has 0 atom stereocenters. The Morgan fingerprint density at radius 2 is 1.50 bits per heavy atom. The van der Waals surface area contributed by atoms with E-state index in [0.29, 0.717) is 18.0 Å². The lowest BCUT2D eigenvalue weighted by atomic mass is 10.4. The summed E-state index contributed by atoms with van der Waals surface area (Å²) in [6, 6.07) is 7.51. The average Bonchev–Trinajstić information content (AvgIpc) is 2.37. The van der Waals surface area contributed by atoms with E-state index in [9.17, 15) is 8.42 Å². The first-order valence-electron chi connectivity index (χ1n) is 7.34. The highest BCUT2D eigenvalue weighted by molar-refractivity contribution is 7.89. The van der Waals surface area contributed by atoms with Crippen molar-refractivity contribution in [1.82, 2.24) is 4.31 Å². The van der Waals surface area contributed by atoms with Crippen molar-refractivity contribution in [2.75, 3.05) is 13.1 Å². The van der Waals surface area contributed by atoms with Gasteiger partial charge in [0.1, 0.15) is 0 Å². The van der Waals surface area contributed by atoms with E-state index in [1.165, 1.54) is 0 Å². The lowest BCUT2D eigenvalue weighted by Crippen LogP contribution is -2.44. The summed E-state index contributed by atoms with van der Waals surface area (Å²) in [5.74, 6) is 0. The molecule has 0 aliphatic rings. The lowest BCUT2D eigenvalue weighted by Gasteiger charge is -2.26. The predicted octanol–water partition coefficient (Wildman–Crippen LogP) is 3.04. The second-order valence-corrected chi connectivity index (χ2v) is 13.1. The highest BCUT2D eigenvalue weighted by Crippen LogP contribution is 2.18. The van der Waals surface area contributed by atoms with Gasteiger partial charge in [0.15, 0.2) is 0 Å². The number of hydrogen-bond acceptors (Lipinski definition) is 2. The Morgan fingerprint density at radius 1 is 1.00 bits per heavy atom. The van der Waals surface area contributed by atoms with Gasteiger partial charge in [0.25, 0.3) is 0 Å². The van der Waals surface area contributed by atoms with Crippen LogP contribution in [0.15, 0.2) is 29.2 Å². The Balaban J connectivity index is 3.34. The molecule has 3 nitrogen and oxygen atoms in total. The van der Waals surface area contributed by atoms with E-state index in [1.54, 1.807) is 10.4 Å². The molecule has 0 heterocycles. The van der Waals surface area contributed by atoms with Gasteiger partial charge in [0.05, 0.1) is 13.0 Å². The third-order valence-electron chi connectivity index (χ3n) is 3.26. The van der Waals surface area contributed by atoms with Crippen molar-refractivity contribution < 1.29 is 8.42 Å². The van der Waals surface area contributed by atoms with Crippen LogP contribution < -0.4 is 5.19 Å². The lowest BCUT2D eigenvalue weighted by molar-refractivity contribution is 0.410. The molecule has 0 saturated carbocycles. The summed E-state index contributed by atoms with van der Waals surface area (Å²) in [6.45, 7) is 11.8. The molecule has 1 aromatic rings. The normalized spacial score (nSPS) is 12.9. The van der Waals surface area contributed by atoms with Crippen LogP contribution in [-0.4, -0.2) is 33.9 Å². The maximum Gasteiger partial charge on any atom is 0.242 e. The second kappa shape index (κ2) is 6.87. The summed E-state index contributed by atoms with van der Waals surface area (Å²) in [5.41, 5.74) is 0. The molecule has 5 heteroatoms. The van der Waals surface area contributed by atoms with Crippen LogP contribution in [0.4, 0.5) is 0 Å². The van der Waals surface area contributed by atoms with Gasteiger partial charge in [-0.15, -0.1) is 0 Å². The van der Waals surface area contributed by atoms with Crippen LogP contribution in [0.25, 0.3) is 0 Å². The monoisotopic (exact) mass is 313 g/mol. The van der Waals surface area contributed by atoms with E-state index < -0.39 is 18.1 Å². The molecule has 0 bridgehead atoms. The standard InChI is InChI=1S/C15H27NO2SSi/c1-6-12-16(13-7-2)19(17,18)14-10-8-9-11-15(14)20(3,4)5/h8-11H,6-7,12-13H2,1-5H3. The fourth-order valence-electron chi connectivity index (χ4n) is 2.30. The molecule has 20 heavy (non-hydrogen) atoms. The Hall–Kier alpha value is -0.653. The number of nitrogens with zero attached hydrogens (tertiary/aromatic N) is 1. The highest BCUT2D eigenvalue weighted by Gasteiger charge is 2.30. The molecule has 0 saturated heterocycles. The first-order valence-corrected chi connectivity index (χ1v) is 12.3. The van der Waals surface area contributed by atoms with Crippen LogP contribution in [0.2, 0.25) is 19.6 Å². The van der Waals surface area contributed by atoms with E-state index in [1.807, 2.05) is 32.0 Å². The molecule has 0 aromatic heterocycles. The van der Waals surface area contributed by atoms with Crippen molar-refractivity contribution in [3.05, 3.63) is 24.3 Å². The maximum absolute atomic E-state index is 12.9. The first kappa shape index (κ1) is 17.4. The van der Waals surface area contributed by atoms with E-state index in [4.69, 9.17) is 0 Å². The van der Waals surface area contributed by atoms with Gasteiger partial charge in [-0.25, -0.2) is 8.42 Å². The van der Waals surface area contributed by atoms with Gasteiger partial charge in [-0.3, -0.25) is 0 Å². The smallest absolute Gasteiger partial charge is 0.207 e. The van der Waals surface area contributed by atoms with Gasteiger partial charge < -0.3 is 0 Å². The van der Waals surface area contributed by atoms with Crippen molar-refractivity contribution in [2.24, 2.45) is 0 Å². The molecule has 0 aliphatic heterocycles. The minimum absolute atomic E-state index is 0.515. The minimum atomic E-state index is -3.37. The summed E-state index contributed by atoms with van der Waals surface area (Å²) in [4.78, 5) is 0.515. The van der Waals surface area contributed by atoms with E-state index >= 15 is 0 Å². The van der Waals surface area contributed by atoms with Gasteiger partial charge in [-0.2, -0.15) is 4.31 Å². The van der Waals surface area contributed by atoms with Crippen LogP contribution in [0, 0.1) is 0 Å². The predicted molar refractivity (Wildman–Crippen MR) is 88.8 cm³/mol. The van der Waals surface area contributed by atoms with Crippen molar-refractivity contribution in [3.63, 3.8) is 0 Å². The molecular weight excluding hydrogens is 286 g/mol. The number of hydrogen-bond donors (Lipinski definition) is 0. The summed E-state index contributed by atoms with van der Waals surface area (Å²) < 4.78 is 27.5. The first-order chi connectivity index (χ1) is 9.25. The van der Waals surface area contributed by atoms with Crippen LogP contribution in [0.3, 0.4) is 0 Å². The van der Waals surface area contributed by atoms with Crippen LogP contribution in [-0.2, 0) is 10.0 Å². The van der Waals surface area contributed by atoms with Gasteiger partial charge in [0.2, 0.25) is 10.0 Å². The zero-order valence-corrected chi connectivity index (χ0v) is 15.1. The molecule has 114 valence electrons. The van der Waals surface area contributed by atoms with E-state index in [0.717, 1.165) is 18.0 Å². The second-order valence-electron chi connectivity index (χ2n) is 6.15. The van der Waals surface area contributed by atoms with Crippen molar-refractivity contribution in [2.45, 2.75) is 51.2 Å². The summed E-state index contributed by atoms with van der Waals surface area (Å²) in [7, 11) is -5.06. The largest absolute Gasteiger partial charge is 0.242 e. The Labute approximate surface area is 125 Å². The fraction of sp³-hybridized carbons (Fsp3) is 0.600. The van der Waals surface area contributed by atoms with Crippen molar-refractivity contribution in [3.8, 4) is 0 Å². The quantitative estimate of drug-likeness (QED) is 0.726. The number of benzene rings is 1. The Kier molecular flexibility index (Phi) is 5.98. The molecule has 0 spiro atoms. The molecule has 1 aromatic carbocycles. The van der Waals surface area contributed by atoms with Crippen molar-refractivity contribution in [1.29, 1.82) is 0 Å². The number of sulfonamides is 1. The molecule has 1 rings (SSSR count). The van der Waals surface area contributed by atoms with Crippen LogP contribution >= 0.6 is 0 Å². The molecule has 0 aliphatic carbocycles. The zero-order chi connectivity index (χ0) is 15.4. The average molecular weight is 314 g/mol. The highest BCUT2D eigenvalue weighted by atomic mass is 32.2. The van der Waals surface area contributed by atoms with E-state index in [-0.39, 0.29) is 0 Å². The van der Waals surface area contributed by atoms with Crippen molar-refractivity contribution >= 4 is 23.3 Å². The van der Waals surface area contributed by atoms with E-state index in [2.05, 4.69) is 19.6 Å². The molecule has 0 fully saturated rings. The molecule has 0 radical (unpaired) electrons. The van der Waals surface area contributed by atoms with Crippen LogP contribution in [0.1, 0.15) is 26.7 Å². The minimum Gasteiger partial charge on any atom is -0.207 e. The Morgan fingerprint density at radius 3 is 1.95 bits per heavy atom. The van der Waals surface area contributed by atoms with Gasteiger partial charge in [-0.1, -0.05) is 51.7 Å². The summed E-state index contributed by atoms with van der Waals surface area (Å²) >= 11 is 0. The zero-order valence-electron chi connectivity index (χ0n) is 13.3. The van der Waals surface area contributed by atoms with Crippen LogP contribution in [0.5, 0.6) is 0 Å². The maximum atomic E-state index is 12.9. The third kappa shape index (κ3) is 3.93. The number of rotatable bonds is 7. The van der Waals surface area contributed by atoms with Gasteiger partial charge in [0, 0.05) is 13.1 Å². The fourth-order valence-corrected chi connectivity index (χ4v) is 6.75. The topological polar surface area (TPSA) is 37.4 Å². The molecule has 0 unspecified atom stereocenters. The van der Waals surface area contributed by atoms with Gasteiger partial charge >= 0.3 is 0 Å². The summed E-state index contributed by atoms with van der Waals surface area (Å²) in [5, 5.41) is 1.03. The Bertz CT molecular complexity index is 529. The molecule has 0 amide bonds. The third-order valence-corrected chi connectivity index (χ3v) is 7.45. The van der Waals surface area contributed by atoms with Gasteiger partial charge in [-0.05, 0) is 24.1 Å². The summed E-state index contributed by atoms with van der Waals surface area (Å²) in [6.07, 6.45) is 1.68.